The Labute approximate surface area is 135 Å². The minimum absolute atomic E-state index is 0.163. The topological polar surface area (TPSA) is 66.5 Å². The molecule has 0 aliphatic carbocycles. The van der Waals surface area contributed by atoms with E-state index >= 15 is 0 Å². The molecule has 20 heavy (non-hydrogen) atoms. The largest absolute Gasteiger partial charge is 0.353 e. The van der Waals surface area contributed by atoms with Crippen LogP contribution < -0.4 is 5.32 Å². The molecule has 1 aliphatic heterocycles. The Balaban J connectivity index is 2.50. The second kappa shape index (κ2) is 5.75. The molecule has 0 saturated carbocycles. The molecule has 1 fully saturated rings. The SMILES string of the molecule is Cc1cc(Br)c(S(=O)(=O)N2CCNC(=O)C2C)cc1Br. The molecule has 0 bridgehead atoms. The summed E-state index contributed by atoms with van der Waals surface area (Å²) in [6.45, 7) is 4.06. The molecule has 1 heterocycles. The van der Waals surface area contributed by atoms with Crippen LogP contribution in [0.5, 0.6) is 0 Å². The number of carbonyl (C=O) groups is 1. The number of benzene rings is 1. The van der Waals surface area contributed by atoms with Crippen LogP contribution in [0.3, 0.4) is 0 Å². The molecule has 0 spiro atoms. The van der Waals surface area contributed by atoms with Crippen LogP contribution in [0.1, 0.15) is 12.5 Å². The van der Waals surface area contributed by atoms with Gasteiger partial charge < -0.3 is 5.32 Å². The first-order valence-electron chi connectivity index (χ1n) is 6.00. The molecular formula is C12H14Br2N2O3S. The third-order valence-electron chi connectivity index (χ3n) is 3.24. The Morgan fingerprint density at radius 1 is 1.30 bits per heavy atom. The minimum atomic E-state index is -3.72. The van der Waals surface area contributed by atoms with E-state index in [-0.39, 0.29) is 17.3 Å². The number of hydrogen-bond donors (Lipinski definition) is 1. The van der Waals surface area contributed by atoms with Crippen molar-refractivity contribution in [1.82, 2.24) is 9.62 Å². The Hall–Kier alpha value is -0.440. The van der Waals surface area contributed by atoms with Crippen LogP contribution >= 0.6 is 31.9 Å². The van der Waals surface area contributed by atoms with E-state index in [2.05, 4.69) is 37.2 Å². The van der Waals surface area contributed by atoms with Gasteiger partial charge in [0, 0.05) is 22.0 Å². The standard InChI is InChI=1S/C12H14Br2N2O3S/c1-7-5-10(14)11(6-9(7)13)20(18,19)16-4-3-15-12(17)8(16)2/h5-6,8H,3-4H2,1-2H3,(H,15,17). The molecule has 0 radical (unpaired) electrons. The van der Waals surface area contributed by atoms with E-state index in [0.29, 0.717) is 15.5 Å². The minimum Gasteiger partial charge on any atom is -0.353 e. The van der Waals surface area contributed by atoms with E-state index in [9.17, 15) is 13.2 Å². The Morgan fingerprint density at radius 2 is 1.95 bits per heavy atom. The first-order valence-corrected chi connectivity index (χ1v) is 9.03. The maximum atomic E-state index is 12.7. The van der Waals surface area contributed by atoms with Gasteiger partial charge in [0.05, 0.1) is 4.90 Å². The Bertz CT molecular complexity index is 661. The van der Waals surface area contributed by atoms with Crippen molar-refractivity contribution in [1.29, 1.82) is 0 Å². The van der Waals surface area contributed by atoms with Gasteiger partial charge in [-0.05, 0) is 47.5 Å². The molecule has 1 unspecified atom stereocenters. The zero-order valence-corrected chi connectivity index (χ0v) is 15.0. The van der Waals surface area contributed by atoms with Crippen LogP contribution in [0.4, 0.5) is 0 Å². The number of nitrogens with zero attached hydrogens (tertiary/aromatic N) is 1. The fourth-order valence-electron chi connectivity index (χ4n) is 2.04. The molecule has 5 nitrogen and oxygen atoms in total. The summed E-state index contributed by atoms with van der Waals surface area (Å²) in [5.74, 6) is -0.276. The highest BCUT2D eigenvalue weighted by Crippen LogP contribution is 2.31. The molecule has 2 rings (SSSR count). The van der Waals surface area contributed by atoms with Crippen LogP contribution in [0.25, 0.3) is 0 Å². The van der Waals surface area contributed by atoms with E-state index in [1.807, 2.05) is 6.92 Å². The molecular weight excluding hydrogens is 412 g/mol. The van der Waals surface area contributed by atoms with Gasteiger partial charge in [0.15, 0.2) is 0 Å². The van der Waals surface area contributed by atoms with Gasteiger partial charge in [-0.25, -0.2) is 8.42 Å². The number of piperazine rings is 1. The third kappa shape index (κ3) is 2.79. The number of amides is 1. The summed E-state index contributed by atoms with van der Waals surface area (Å²) in [7, 11) is -3.72. The summed E-state index contributed by atoms with van der Waals surface area (Å²) in [6.07, 6.45) is 0. The second-order valence-electron chi connectivity index (χ2n) is 4.61. The molecule has 8 heteroatoms. The lowest BCUT2D eigenvalue weighted by atomic mass is 10.2. The van der Waals surface area contributed by atoms with Gasteiger partial charge >= 0.3 is 0 Å². The normalized spacial score (nSPS) is 20.8. The number of carbonyl (C=O) groups excluding carboxylic acids is 1. The fraction of sp³-hybridized carbons (Fsp3) is 0.417. The number of rotatable bonds is 2. The van der Waals surface area contributed by atoms with Gasteiger partial charge in [-0.3, -0.25) is 4.79 Å². The van der Waals surface area contributed by atoms with Crippen molar-refractivity contribution in [2.24, 2.45) is 0 Å². The summed E-state index contributed by atoms with van der Waals surface area (Å²) in [5, 5.41) is 2.65. The molecule has 1 amide bonds. The van der Waals surface area contributed by atoms with Gasteiger partial charge in [0.25, 0.3) is 0 Å². The van der Waals surface area contributed by atoms with Gasteiger partial charge in [-0.1, -0.05) is 15.9 Å². The zero-order chi connectivity index (χ0) is 15.1. The van der Waals surface area contributed by atoms with Gasteiger partial charge in [0.1, 0.15) is 6.04 Å². The predicted molar refractivity (Wildman–Crippen MR) is 82.9 cm³/mol. The molecule has 1 N–H and O–H groups in total. The molecule has 110 valence electrons. The van der Waals surface area contributed by atoms with Crippen molar-refractivity contribution >= 4 is 47.8 Å². The van der Waals surface area contributed by atoms with Crippen molar-refractivity contribution < 1.29 is 13.2 Å². The summed E-state index contributed by atoms with van der Waals surface area (Å²) < 4.78 is 27.9. The van der Waals surface area contributed by atoms with Crippen LogP contribution in [0.15, 0.2) is 26.0 Å². The predicted octanol–water partition coefficient (Wildman–Crippen LogP) is 2.03. The summed E-state index contributed by atoms with van der Waals surface area (Å²) in [4.78, 5) is 11.8. The smallest absolute Gasteiger partial charge is 0.245 e. The van der Waals surface area contributed by atoms with Crippen molar-refractivity contribution in [2.75, 3.05) is 13.1 Å². The van der Waals surface area contributed by atoms with Crippen LogP contribution in [0, 0.1) is 6.92 Å². The van der Waals surface area contributed by atoms with E-state index in [1.165, 1.54) is 4.31 Å². The van der Waals surface area contributed by atoms with Gasteiger partial charge in [-0.15, -0.1) is 0 Å². The average Bonchev–Trinajstić information content (AvgIpc) is 2.36. The lowest BCUT2D eigenvalue weighted by molar-refractivity contribution is -0.126. The first-order chi connectivity index (χ1) is 9.25. The van der Waals surface area contributed by atoms with E-state index in [4.69, 9.17) is 0 Å². The second-order valence-corrected chi connectivity index (χ2v) is 8.18. The molecule has 1 aliphatic rings. The monoisotopic (exact) mass is 424 g/mol. The zero-order valence-electron chi connectivity index (χ0n) is 11.0. The van der Waals surface area contributed by atoms with Crippen molar-refractivity contribution in [3.8, 4) is 0 Å². The van der Waals surface area contributed by atoms with E-state index < -0.39 is 16.1 Å². The van der Waals surface area contributed by atoms with Crippen molar-refractivity contribution in [3.05, 3.63) is 26.6 Å². The molecule has 1 saturated heterocycles. The average molecular weight is 426 g/mol. The number of sulfonamides is 1. The number of hydrogen-bond acceptors (Lipinski definition) is 3. The van der Waals surface area contributed by atoms with E-state index in [1.54, 1.807) is 19.1 Å². The number of aryl methyl sites for hydroxylation is 1. The van der Waals surface area contributed by atoms with Crippen LogP contribution in [-0.4, -0.2) is 37.8 Å². The summed E-state index contributed by atoms with van der Waals surface area (Å²) in [6, 6.07) is 2.60. The third-order valence-corrected chi connectivity index (χ3v) is 7.03. The number of nitrogens with one attached hydrogen (secondary N) is 1. The lowest BCUT2D eigenvalue weighted by Crippen LogP contribution is -2.55. The molecule has 1 aromatic rings. The van der Waals surface area contributed by atoms with Crippen LogP contribution in [-0.2, 0) is 14.8 Å². The van der Waals surface area contributed by atoms with Gasteiger partial charge in [0.2, 0.25) is 15.9 Å². The van der Waals surface area contributed by atoms with E-state index in [0.717, 1.165) is 5.56 Å². The molecule has 1 aromatic carbocycles. The van der Waals surface area contributed by atoms with Crippen molar-refractivity contribution in [3.63, 3.8) is 0 Å². The first kappa shape index (κ1) is 15.9. The lowest BCUT2D eigenvalue weighted by Gasteiger charge is -2.32. The highest BCUT2D eigenvalue weighted by atomic mass is 79.9. The maximum absolute atomic E-state index is 12.7. The van der Waals surface area contributed by atoms with Crippen LogP contribution in [0.2, 0.25) is 0 Å². The van der Waals surface area contributed by atoms with Crippen molar-refractivity contribution in [2.45, 2.75) is 24.8 Å². The quantitative estimate of drug-likeness (QED) is 0.788. The maximum Gasteiger partial charge on any atom is 0.245 e. The Morgan fingerprint density at radius 3 is 2.60 bits per heavy atom. The summed E-state index contributed by atoms with van der Waals surface area (Å²) >= 11 is 6.63. The highest BCUT2D eigenvalue weighted by molar-refractivity contribution is 9.11. The molecule has 0 aromatic heterocycles. The highest BCUT2D eigenvalue weighted by Gasteiger charge is 2.36. The van der Waals surface area contributed by atoms with Gasteiger partial charge in [-0.2, -0.15) is 4.31 Å². The number of halogens is 2. The fourth-order valence-corrected chi connectivity index (χ4v) is 5.28. The Kier molecular flexibility index (Phi) is 4.58. The summed E-state index contributed by atoms with van der Waals surface area (Å²) in [5.41, 5.74) is 0.931. The molecule has 1 atom stereocenters.